The Labute approximate surface area is 133 Å². The molecule has 1 saturated heterocycles. The summed E-state index contributed by atoms with van der Waals surface area (Å²) in [4.78, 5) is 15.7. The van der Waals surface area contributed by atoms with Gasteiger partial charge in [0, 0.05) is 13.2 Å². The molecule has 124 valence electrons. The zero-order valence-electron chi connectivity index (χ0n) is 12.7. The molecule has 9 heteroatoms. The lowest BCUT2D eigenvalue weighted by Crippen LogP contribution is -2.39. The van der Waals surface area contributed by atoms with Crippen molar-refractivity contribution in [1.29, 1.82) is 0 Å². The van der Waals surface area contributed by atoms with Crippen molar-refractivity contribution in [3.63, 3.8) is 0 Å². The zero-order chi connectivity index (χ0) is 16.4. The molecule has 0 spiro atoms. The van der Waals surface area contributed by atoms with E-state index in [9.17, 15) is 13.2 Å². The van der Waals surface area contributed by atoms with Crippen LogP contribution in [0.4, 0.5) is 4.79 Å². The van der Waals surface area contributed by atoms with E-state index in [4.69, 9.17) is 4.74 Å². The van der Waals surface area contributed by atoms with Gasteiger partial charge in [0.1, 0.15) is 0 Å². The van der Waals surface area contributed by atoms with Crippen LogP contribution >= 0.6 is 0 Å². The summed E-state index contributed by atoms with van der Waals surface area (Å²) in [5, 5.41) is 2.39. The molecular formula is C14H18N4O4S. The highest BCUT2D eigenvalue weighted by molar-refractivity contribution is 7.90. The minimum atomic E-state index is -3.92. The number of fused-ring (bicyclic) bond motifs is 1. The van der Waals surface area contributed by atoms with Gasteiger partial charge in [-0.15, -0.1) is 0 Å². The molecule has 1 aromatic heterocycles. The first-order valence-corrected chi connectivity index (χ1v) is 8.85. The standard InChI is InChI=1S/C14H18N4O4S/c1-2-15-14(19)17-23(20,21)11-3-4-12-13(7-11)18(9-16-12)8-10-5-6-22-10/h3-4,7,9-10H,2,5-6,8H2,1H3,(H2,15,17,19). The van der Waals surface area contributed by atoms with Gasteiger partial charge in [-0.2, -0.15) is 0 Å². The SMILES string of the molecule is CCNC(=O)NS(=O)(=O)c1ccc2ncn(CC3CCO3)c2c1. The minimum Gasteiger partial charge on any atom is -0.376 e. The quantitative estimate of drug-likeness (QED) is 0.841. The second-order valence-corrected chi connectivity index (χ2v) is 6.98. The Morgan fingerprint density at radius 2 is 2.26 bits per heavy atom. The topological polar surface area (TPSA) is 102 Å². The fraction of sp³-hybridized carbons (Fsp3) is 0.429. The van der Waals surface area contributed by atoms with Gasteiger partial charge >= 0.3 is 6.03 Å². The number of imidazole rings is 1. The van der Waals surface area contributed by atoms with Crippen LogP contribution in [-0.2, 0) is 21.3 Å². The predicted molar refractivity (Wildman–Crippen MR) is 83.5 cm³/mol. The number of amides is 2. The number of urea groups is 1. The highest BCUT2D eigenvalue weighted by Gasteiger charge is 2.21. The molecule has 1 atom stereocenters. The van der Waals surface area contributed by atoms with E-state index in [0.717, 1.165) is 13.0 Å². The monoisotopic (exact) mass is 338 g/mol. The second kappa shape index (κ2) is 6.17. The van der Waals surface area contributed by atoms with Crippen molar-refractivity contribution >= 4 is 27.1 Å². The smallest absolute Gasteiger partial charge is 0.328 e. The van der Waals surface area contributed by atoms with Crippen LogP contribution in [0, 0.1) is 0 Å². The Morgan fingerprint density at radius 1 is 1.48 bits per heavy atom. The van der Waals surface area contributed by atoms with Gasteiger partial charge in [0.05, 0.1) is 34.9 Å². The molecule has 2 heterocycles. The molecule has 8 nitrogen and oxygen atoms in total. The molecule has 2 amide bonds. The van der Waals surface area contributed by atoms with Crippen LogP contribution in [0.15, 0.2) is 29.4 Å². The first kappa shape index (κ1) is 15.8. The lowest BCUT2D eigenvalue weighted by Gasteiger charge is -2.26. The average molecular weight is 338 g/mol. The predicted octanol–water partition coefficient (Wildman–Crippen LogP) is 0.833. The molecule has 1 unspecified atom stereocenters. The average Bonchev–Trinajstić information content (AvgIpc) is 2.84. The summed E-state index contributed by atoms with van der Waals surface area (Å²) in [6.07, 6.45) is 2.79. The highest BCUT2D eigenvalue weighted by Crippen LogP contribution is 2.21. The summed E-state index contributed by atoms with van der Waals surface area (Å²) in [5.41, 5.74) is 1.39. The molecule has 0 saturated carbocycles. The number of carbonyl (C=O) groups is 1. The number of rotatable bonds is 5. The van der Waals surface area contributed by atoms with Gasteiger partial charge in [-0.25, -0.2) is 22.9 Å². The summed E-state index contributed by atoms with van der Waals surface area (Å²) in [6.45, 7) is 3.44. The van der Waals surface area contributed by atoms with Gasteiger partial charge in [-0.3, -0.25) is 0 Å². The summed E-state index contributed by atoms with van der Waals surface area (Å²) in [7, 11) is -3.92. The zero-order valence-corrected chi connectivity index (χ0v) is 13.5. The van der Waals surface area contributed by atoms with Gasteiger partial charge in [0.25, 0.3) is 10.0 Å². The third kappa shape index (κ3) is 3.30. The van der Waals surface area contributed by atoms with Crippen LogP contribution in [-0.4, -0.2) is 43.3 Å². The lowest BCUT2D eigenvalue weighted by atomic mass is 10.2. The maximum Gasteiger partial charge on any atom is 0.328 e. The molecule has 0 radical (unpaired) electrons. The molecule has 0 aliphatic carbocycles. The van der Waals surface area contributed by atoms with Gasteiger partial charge < -0.3 is 14.6 Å². The van der Waals surface area contributed by atoms with Crippen molar-refractivity contribution in [3.8, 4) is 0 Å². The van der Waals surface area contributed by atoms with Crippen LogP contribution in [0.2, 0.25) is 0 Å². The summed E-state index contributed by atoms with van der Waals surface area (Å²) >= 11 is 0. The molecule has 23 heavy (non-hydrogen) atoms. The molecular weight excluding hydrogens is 320 g/mol. The second-order valence-electron chi connectivity index (χ2n) is 5.29. The first-order chi connectivity index (χ1) is 11.0. The van der Waals surface area contributed by atoms with Crippen molar-refractivity contribution in [2.24, 2.45) is 0 Å². The Balaban J connectivity index is 1.88. The number of nitrogens with zero attached hydrogens (tertiary/aromatic N) is 2. The molecule has 2 N–H and O–H groups in total. The summed E-state index contributed by atoms with van der Waals surface area (Å²) in [6, 6.07) is 3.83. The van der Waals surface area contributed by atoms with E-state index in [1.54, 1.807) is 19.3 Å². The molecule has 1 aromatic carbocycles. The molecule has 1 aliphatic rings. The van der Waals surface area contributed by atoms with Gasteiger partial charge in [0.15, 0.2) is 0 Å². The number of hydrogen-bond acceptors (Lipinski definition) is 5. The van der Waals surface area contributed by atoms with Gasteiger partial charge in [-0.05, 0) is 31.5 Å². The maximum absolute atomic E-state index is 12.3. The number of aromatic nitrogens is 2. The number of carbonyl (C=O) groups excluding carboxylic acids is 1. The minimum absolute atomic E-state index is 0.0209. The van der Waals surface area contributed by atoms with Crippen molar-refractivity contribution in [2.45, 2.75) is 30.9 Å². The number of hydrogen-bond donors (Lipinski definition) is 2. The first-order valence-electron chi connectivity index (χ1n) is 7.37. The van der Waals surface area contributed by atoms with Crippen LogP contribution in [0.3, 0.4) is 0 Å². The Bertz CT molecular complexity index is 826. The van der Waals surface area contributed by atoms with E-state index in [0.29, 0.717) is 24.1 Å². The van der Waals surface area contributed by atoms with Crippen molar-refractivity contribution in [3.05, 3.63) is 24.5 Å². The van der Waals surface area contributed by atoms with E-state index >= 15 is 0 Å². The Hall–Kier alpha value is -2.13. The normalized spacial score (nSPS) is 17.7. The fourth-order valence-electron chi connectivity index (χ4n) is 2.37. The van der Waals surface area contributed by atoms with Crippen LogP contribution < -0.4 is 10.0 Å². The number of nitrogens with one attached hydrogen (secondary N) is 2. The van der Waals surface area contributed by atoms with E-state index in [-0.39, 0.29) is 11.0 Å². The largest absolute Gasteiger partial charge is 0.376 e. The van der Waals surface area contributed by atoms with Gasteiger partial charge in [0.2, 0.25) is 0 Å². The van der Waals surface area contributed by atoms with Crippen molar-refractivity contribution < 1.29 is 17.9 Å². The van der Waals surface area contributed by atoms with Crippen molar-refractivity contribution in [2.75, 3.05) is 13.2 Å². The van der Waals surface area contributed by atoms with E-state index in [1.165, 1.54) is 12.1 Å². The van der Waals surface area contributed by atoms with Crippen LogP contribution in [0.1, 0.15) is 13.3 Å². The third-order valence-electron chi connectivity index (χ3n) is 3.66. The summed E-state index contributed by atoms with van der Waals surface area (Å²) in [5.74, 6) is 0. The molecule has 1 aliphatic heterocycles. The van der Waals surface area contributed by atoms with E-state index < -0.39 is 16.1 Å². The fourth-order valence-corrected chi connectivity index (χ4v) is 3.32. The van der Waals surface area contributed by atoms with Crippen LogP contribution in [0.5, 0.6) is 0 Å². The maximum atomic E-state index is 12.3. The number of ether oxygens (including phenoxy) is 1. The van der Waals surface area contributed by atoms with E-state index in [2.05, 4.69) is 10.3 Å². The van der Waals surface area contributed by atoms with Gasteiger partial charge in [-0.1, -0.05) is 0 Å². The lowest BCUT2D eigenvalue weighted by molar-refractivity contribution is -0.0586. The summed E-state index contributed by atoms with van der Waals surface area (Å²) < 4.78 is 33.8. The molecule has 3 rings (SSSR count). The molecule has 0 bridgehead atoms. The van der Waals surface area contributed by atoms with Crippen molar-refractivity contribution in [1.82, 2.24) is 19.6 Å². The van der Waals surface area contributed by atoms with Crippen LogP contribution in [0.25, 0.3) is 11.0 Å². The van der Waals surface area contributed by atoms with E-state index in [1.807, 2.05) is 9.29 Å². The highest BCUT2D eigenvalue weighted by atomic mass is 32.2. The Morgan fingerprint density at radius 3 is 2.91 bits per heavy atom. The number of sulfonamides is 1. The molecule has 2 aromatic rings. The third-order valence-corrected chi connectivity index (χ3v) is 4.99. The molecule has 1 fully saturated rings. The number of benzene rings is 1. The Kier molecular flexibility index (Phi) is 4.22.